The molecule has 0 aromatic heterocycles. The summed E-state index contributed by atoms with van der Waals surface area (Å²) in [5.41, 5.74) is 0. The average molecular weight is 1120 g/mol. The topological polar surface area (TPSA) is 78.9 Å². The van der Waals surface area contributed by atoms with E-state index in [9.17, 15) is 14.4 Å². The highest BCUT2D eigenvalue weighted by molar-refractivity contribution is 5.71. The summed E-state index contributed by atoms with van der Waals surface area (Å²) in [5.74, 6) is -0.907. The molecule has 6 heteroatoms. The monoisotopic (exact) mass is 1120 g/mol. The minimum atomic E-state index is -0.796. The Morgan fingerprint density at radius 2 is 0.444 bits per heavy atom. The summed E-state index contributed by atoms with van der Waals surface area (Å²) in [6.45, 7) is 6.31. The number of allylic oxidation sites excluding steroid dienone is 22. The first-order valence-corrected chi connectivity index (χ1v) is 33.7. The van der Waals surface area contributed by atoms with Crippen LogP contribution in [0.3, 0.4) is 0 Å². The maximum Gasteiger partial charge on any atom is 0.306 e. The second kappa shape index (κ2) is 68.1. The first-order valence-electron chi connectivity index (χ1n) is 33.7. The Balaban J connectivity index is 4.36. The van der Waals surface area contributed by atoms with Crippen molar-refractivity contribution < 1.29 is 28.6 Å². The number of hydrogen-bond acceptors (Lipinski definition) is 6. The smallest absolute Gasteiger partial charge is 0.306 e. The van der Waals surface area contributed by atoms with E-state index in [1.165, 1.54) is 116 Å². The molecule has 0 saturated heterocycles. The van der Waals surface area contributed by atoms with E-state index in [2.05, 4.69) is 154 Å². The quantitative estimate of drug-likeness (QED) is 0.0261. The summed E-state index contributed by atoms with van der Waals surface area (Å²) in [4.78, 5) is 38.4. The summed E-state index contributed by atoms with van der Waals surface area (Å²) < 4.78 is 17.0. The first kappa shape index (κ1) is 76.5. The molecule has 0 spiro atoms. The second-order valence-electron chi connectivity index (χ2n) is 21.9. The van der Waals surface area contributed by atoms with Crippen molar-refractivity contribution >= 4 is 17.9 Å². The van der Waals surface area contributed by atoms with Crippen LogP contribution in [0.2, 0.25) is 0 Å². The molecule has 0 fully saturated rings. The number of carbonyl (C=O) groups is 3. The molecule has 0 aliphatic heterocycles. The van der Waals surface area contributed by atoms with Gasteiger partial charge in [0.05, 0.1) is 0 Å². The van der Waals surface area contributed by atoms with Crippen LogP contribution in [0, 0.1) is 0 Å². The van der Waals surface area contributed by atoms with Crippen LogP contribution in [-0.4, -0.2) is 37.2 Å². The van der Waals surface area contributed by atoms with Crippen LogP contribution in [0.25, 0.3) is 0 Å². The van der Waals surface area contributed by atoms with Crippen molar-refractivity contribution in [2.75, 3.05) is 13.2 Å². The third-order valence-electron chi connectivity index (χ3n) is 14.1. The van der Waals surface area contributed by atoms with Gasteiger partial charge in [0, 0.05) is 19.3 Å². The molecule has 6 nitrogen and oxygen atoms in total. The van der Waals surface area contributed by atoms with Crippen molar-refractivity contribution in [3.05, 3.63) is 134 Å². The Morgan fingerprint density at radius 3 is 0.691 bits per heavy atom. The Bertz CT molecular complexity index is 1720. The van der Waals surface area contributed by atoms with E-state index >= 15 is 0 Å². The third-order valence-corrected chi connectivity index (χ3v) is 14.1. The van der Waals surface area contributed by atoms with Gasteiger partial charge in [0.1, 0.15) is 13.2 Å². The molecule has 81 heavy (non-hydrogen) atoms. The van der Waals surface area contributed by atoms with E-state index in [0.29, 0.717) is 19.3 Å². The largest absolute Gasteiger partial charge is 0.462 e. The van der Waals surface area contributed by atoms with Crippen molar-refractivity contribution in [3.63, 3.8) is 0 Å². The standard InChI is InChI=1S/C75H124O6/c1-4-7-10-13-16-19-22-25-28-31-33-34-35-36-37-38-39-40-42-44-47-50-53-56-59-62-65-68-74(77)80-71-72(70-79-73(76)67-64-61-58-55-52-49-46-43-30-27-24-21-18-15-12-9-6-3)81-75(78)69-66-63-60-57-54-51-48-45-41-32-29-26-23-20-17-14-11-8-5-2/h7-12,16-21,25-30,33-34,41,45,72H,4-6,13-15,22-24,31-32,35-40,42-44,46-71H2,1-3H3/b10-7-,11-8-,12-9-,19-16-,20-17-,21-18-,28-25-,29-26-,30-27-,34-33-,45-41-. The minimum absolute atomic E-state index is 0.0897. The summed E-state index contributed by atoms with van der Waals surface area (Å²) in [5, 5.41) is 0. The Kier molecular flexibility index (Phi) is 64.3. The van der Waals surface area contributed by atoms with Gasteiger partial charge in [0.2, 0.25) is 0 Å². The molecule has 0 N–H and O–H groups in total. The fourth-order valence-electron chi connectivity index (χ4n) is 9.21. The highest BCUT2D eigenvalue weighted by atomic mass is 16.6. The van der Waals surface area contributed by atoms with Gasteiger partial charge in [-0.2, -0.15) is 0 Å². The lowest BCUT2D eigenvalue weighted by molar-refractivity contribution is -0.167. The van der Waals surface area contributed by atoms with Crippen LogP contribution in [0.4, 0.5) is 0 Å². The molecule has 0 saturated carbocycles. The molecule has 0 heterocycles. The summed E-state index contributed by atoms with van der Waals surface area (Å²) >= 11 is 0. The van der Waals surface area contributed by atoms with Gasteiger partial charge < -0.3 is 14.2 Å². The van der Waals surface area contributed by atoms with Crippen molar-refractivity contribution in [3.8, 4) is 0 Å². The molecular weight excluding hydrogens is 997 g/mol. The van der Waals surface area contributed by atoms with Crippen LogP contribution in [0.5, 0.6) is 0 Å². The van der Waals surface area contributed by atoms with Gasteiger partial charge in [-0.3, -0.25) is 14.4 Å². The second-order valence-corrected chi connectivity index (χ2v) is 21.9. The fraction of sp³-hybridized carbons (Fsp3) is 0.667. The lowest BCUT2D eigenvalue weighted by Gasteiger charge is -2.18. The minimum Gasteiger partial charge on any atom is -0.462 e. The molecule has 1 unspecified atom stereocenters. The van der Waals surface area contributed by atoms with E-state index in [-0.39, 0.29) is 31.1 Å². The summed E-state index contributed by atoms with van der Waals surface area (Å²) in [6, 6.07) is 0. The summed E-state index contributed by atoms with van der Waals surface area (Å²) in [6.07, 6.45) is 96.0. The molecule has 1 atom stereocenters. The van der Waals surface area contributed by atoms with E-state index in [4.69, 9.17) is 14.2 Å². The Labute approximate surface area is 500 Å². The molecular formula is C75H124O6. The molecule has 0 aliphatic rings. The van der Waals surface area contributed by atoms with Gasteiger partial charge in [-0.25, -0.2) is 0 Å². The van der Waals surface area contributed by atoms with E-state index in [1.54, 1.807) is 0 Å². The van der Waals surface area contributed by atoms with Gasteiger partial charge in [0.15, 0.2) is 6.10 Å². The van der Waals surface area contributed by atoms with Gasteiger partial charge in [-0.1, -0.05) is 289 Å². The predicted octanol–water partition coefficient (Wildman–Crippen LogP) is 23.3. The molecule has 460 valence electrons. The number of esters is 3. The number of ether oxygens (including phenoxy) is 3. The van der Waals surface area contributed by atoms with E-state index in [0.717, 1.165) is 148 Å². The van der Waals surface area contributed by atoms with Gasteiger partial charge in [-0.15, -0.1) is 0 Å². The van der Waals surface area contributed by atoms with Crippen LogP contribution >= 0.6 is 0 Å². The van der Waals surface area contributed by atoms with Crippen molar-refractivity contribution in [2.24, 2.45) is 0 Å². The van der Waals surface area contributed by atoms with E-state index in [1.807, 2.05) is 0 Å². The van der Waals surface area contributed by atoms with Crippen LogP contribution < -0.4 is 0 Å². The maximum atomic E-state index is 12.9. The SMILES string of the molecule is CC/C=C\C/C=C\C/C=C\C/C=C\CCCCCCCCCCCCCCCCC(=O)OCC(COC(=O)CCCCCCCCC/C=C\C/C=C\C/C=C\CC)OC(=O)CCCCCCCC/C=C\C/C=C\C/C=C\C/C=C\CC. The molecule has 0 radical (unpaired) electrons. The zero-order valence-electron chi connectivity index (χ0n) is 52.8. The zero-order valence-corrected chi connectivity index (χ0v) is 52.8. The highest BCUT2D eigenvalue weighted by Gasteiger charge is 2.19. The van der Waals surface area contributed by atoms with Gasteiger partial charge >= 0.3 is 17.9 Å². The number of rotatable bonds is 60. The van der Waals surface area contributed by atoms with Crippen LogP contribution in [0.1, 0.15) is 303 Å². The lowest BCUT2D eigenvalue weighted by Crippen LogP contribution is -2.30. The molecule has 0 aliphatic carbocycles. The highest BCUT2D eigenvalue weighted by Crippen LogP contribution is 2.16. The number of hydrogen-bond donors (Lipinski definition) is 0. The van der Waals surface area contributed by atoms with Crippen LogP contribution in [0.15, 0.2) is 134 Å². The lowest BCUT2D eigenvalue weighted by atomic mass is 10.0. The third kappa shape index (κ3) is 66.2. The molecule has 0 aromatic rings. The molecule has 0 rings (SSSR count). The van der Waals surface area contributed by atoms with Crippen molar-refractivity contribution in [1.82, 2.24) is 0 Å². The predicted molar refractivity (Wildman–Crippen MR) is 353 cm³/mol. The molecule has 0 amide bonds. The van der Waals surface area contributed by atoms with E-state index < -0.39 is 6.10 Å². The van der Waals surface area contributed by atoms with Gasteiger partial charge in [-0.05, 0) is 128 Å². The van der Waals surface area contributed by atoms with Crippen molar-refractivity contribution in [2.45, 2.75) is 309 Å². The first-order chi connectivity index (χ1) is 40.0. The average Bonchev–Trinajstić information content (AvgIpc) is 3.47. The van der Waals surface area contributed by atoms with Crippen molar-refractivity contribution in [1.29, 1.82) is 0 Å². The van der Waals surface area contributed by atoms with Crippen LogP contribution in [-0.2, 0) is 28.6 Å². The maximum absolute atomic E-state index is 12.9. The normalized spacial score (nSPS) is 13.0. The number of unbranched alkanes of at least 4 members (excludes halogenated alkanes) is 27. The molecule has 0 aromatic carbocycles. The Hall–Kier alpha value is -4.45. The zero-order chi connectivity index (χ0) is 58.5. The number of carbonyl (C=O) groups excluding carboxylic acids is 3. The van der Waals surface area contributed by atoms with Gasteiger partial charge in [0.25, 0.3) is 0 Å². The fourth-order valence-corrected chi connectivity index (χ4v) is 9.21. The molecule has 0 bridgehead atoms. The summed E-state index contributed by atoms with van der Waals surface area (Å²) in [7, 11) is 0. The Morgan fingerprint density at radius 1 is 0.247 bits per heavy atom.